The van der Waals surface area contributed by atoms with E-state index in [0.717, 1.165) is 25.2 Å². The number of fused-ring (bicyclic) bond motifs is 3. The van der Waals surface area contributed by atoms with Crippen LogP contribution in [0.1, 0.15) is 48.6 Å². The Kier molecular flexibility index (Phi) is 4.19. The summed E-state index contributed by atoms with van der Waals surface area (Å²) in [6, 6.07) is 15.5. The Labute approximate surface area is 144 Å². The molecular weight excluding hydrogens is 298 g/mol. The van der Waals surface area contributed by atoms with E-state index in [1.165, 1.54) is 28.8 Å². The molecule has 126 valence electrons. The lowest BCUT2D eigenvalue weighted by molar-refractivity contribution is -0.0381. The van der Waals surface area contributed by atoms with E-state index in [4.69, 9.17) is 9.47 Å². The first-order valence-electron chi connectivity index (χ1n) is 8.95. The Bertz CT molecular complexity index is 710. The highest BCUT2D eigenvalue weighted by atomic mass is 16.5. The van der Waals surface area contributed by atoms with E-state index in [0.29, 0.717) is 12.0 Å². The molecule has 0 radical (unpaired) electrons. The van der Waals surface area contributed by atoms with Crippen LogP contribution in [0.2, 0.25) is 0 Å². The largest absolute Gasteiger partial charge is 0.497 e. The van der Waals surface area contributed by atoms with Crippen molar-refractivity contribution >= 4 is 5.69 Å². The molecule has 1 saturated heterocycles. The van der Waals surface area contributed by atoms with Gasteiger partial charge in [-0.05, 0) is 48.6 Å². The first-order valence-corrected chi connectivity index (χ1v) is 8.95. The van der Waals surface area contributed by atoms with E-state index in [-0.39, 0.29) is 6.10 Å². The van der Waals surface area contributed by atoms with E-state index < -0.39 is 0 Å². The monoisotopic (exact) mass is 323 g/mol. The lowest BCUT2D eigenvalue weighted by Gasteiger charge is -2.43. The number of aryl methyl sites for hydroxylation is 1. The maximum absolute atomic E-state index is 6.24. The number of nitrogens with one attached hydrogen (secondary N) is 1. The number of hydrogen-bond acceptors (Lipinski definition) is 3. The van der Waals surface area contributed by atoms with E-state index >= 15 is 0 Å². The fourth-order valence-corrected chi connectivity index (χ4v) is 4.08. The van der Waals surface area contributed by atoms with Gasteiger partial charge in [-0.25, -0.2) is 0 Å². The van der Waals surface area contributed by atoms with Crippen molar-refractivity contribution in [3.05, 3.63) is 59.2 Å². The second-order valence-corrected chi connectivity index (χ2v) is 6.77. The van der Waals surface area contributed by atoms with E-state index in [2.05, 4.69) is 42.6 Å². The SMILES string of the molecule is CCc1ccc2c(c1)C1OCCCC1C(c1ccc(OC)cc1)N2. The fraction of sp³-hybridized carbons (Fsp3) is 0.429. The van der Waals surface area contributed by atoms with Crippen LogP contribution in [0.4, 0.5) is 5.69 Å². The lowest BCUT2D eigenvalue weighted by Crippen LogP contribution is -2.36. The van der Waals surface area contributed by atoms with Crippen molar-refractivity contribution in [2.45, 2.75) is 38.3 Å². The molecule has 1 fully saturated rings. The van der Waals surface area contributed by atoms with Crippen molar-refractivity contribution in [2.75, 3.05) is 19.0 Å². The first kappa shape index (κ1) is 15.5. The molecule has 4 rings (SSSR count). The van der Waals surface area contributed by atoms with Crippen molar-refractivity contribution in [3.8, 4) is 5.75 Å². The highest BCUT2D eigenvalue weighted by molar-refractivity contribution is 5.58. The zero-order chi connectivity index (χ0) is 16.5. The molecule has 2 aliphatic heterocycles. The van der Waals surface area contributed by atoms with Crippen LogP contribution in [0.3, 0.4) is 0 Å². The van der Waals surface area contributed by atoms with Gasteiger partial charge >= 0.3 is 0 Å². The summed E-state index contributed by atoms with van der Waals surface area (Å²) in [4.78, 5) is 0. The molecular formula is C21H25NO2. The first-order chi connectivity index (χ1) is 11.8. The van der Waals surface area contributed by atoms with Crippen LogP contribution in [0.15, 0.2) is 42.5 Å². The molecule has 0 bridgehead atoms. The molecule has 2 aromatic rings. The van der Waals surface area contributed by atoms with Gasteiger partial charge in [-0.2, -0.15) is 0 Å². The van der Waals surface area contributed by atoms with Gasteiger partial charge in [0.2, 0.25) is 0 Å². The third-order valence-corrected chi connectivity index (χ3v) is 5.41. The molecule has 0 spiro atoms. The molecule has 3 heteroatoms. The quantitative estimate of drug-likeness (QED) is 0.872. The van der Waals surface area contributed by atoms with Gasteiger partial charge < -0.3 is 14.8 Å². The van der Waals surface area contributed by atoms with Crippen LogP contribution in [-0.4, -0.2) is 13.7 Å². The van der Waals surface area contributed by atoms with Gasteiger partial charge in [-0.15, -0.1) is 0 Å². The maximum Gasteiger partial charge on any atom is 0.118 e. The zero-order valence-electron chi connectivity index (χ0n) is 14.4. The Morgan fingerprint density at radius 3 is 2.75 bits per heavy atom. The average Bonchev–Trinajstić information content (AvgIpc) is 2.67. The van der Waals surface area contributed by atoms with Crippen molar-refractivity contribution < 1.29 is 9.47 Å². The summed E-state index contributed by atoms with van der Waals surface area (Å²) < 4.78 is 11.5. The molecule has 2 aromatic carbocycles. The Balaban J connectivity index is 1.72. The molecule has 2 aliphatic rings. The smallest absolute Gasteiger partial charge is 0.118 e. The van der Waals surface area contributed by atoms with Gasteiger partial charge in [0.05, 0.1) is 19.3 Å². The van der Waals surface area contributed by atoms with Crippen LogP contribution in [0.5, 0.6) is 5.75 Å². The van der Waals surface area contributed by atoms with Crippen molar-refractivity contribution in [1.29, 1.82) is 0 Å². The van der Waals surface area contributed by atoms with Crippen molar-refractivity contribution in [2.24, 2.45) is 5.92 Å². The third kappa shape index (κ3) is 2.67. The lowest BCUT2D eigenvalue weighted by atomic mass is 9.77. The molecule has 3 nitrogen and oxygen atoms in total. The minimum atomic E-state index is 0.202. The molecule has 3 unspecified atom stereocenters. The third-order valence-electron chi connectivity index (χ3n) is 5.41. The van der Waals surface area contributed by atoms with Crippen LogP contribution < -0.4 is 10.1 Å². The summed E-state index contributed by atoms with van der Waals surface area (Å²) in [5.41, 5.74) is 5.24. The number of rotatable bonds is 3. The predicted octanol–water partition coefficient (Wildman–Crippen LogP) is 4.89. The van der Waals surface area contributed by atoms with Gasteiger partial charge in [-0.3, -0.25) is 0 Å². The van der Waals surface area contributed by atoms with Gasteiger partial charge in [0, 0.05) is 23.8 Å². The second-order valence-electron chi connectivity index (χ2n) is 6.77. The minimum Gasteiger partial charge on any atom is -0.497 e. The molecule has 0 aromatic heterocycles. The van der Waals surface area contributed by atoms with E-state index in [1.807, 2.05) is 12.1 Å². The second kappa shape index (κ2) is 6.48. The molecule has 24 heavy (non-hydrogen) atoms. The number of anilines is 1. The zero-order valence-corrected chi connectivity index (χ0v) is 14.4. The molecule has 1 N–H and O–H groups in total. The normalized spacial score (nSPS) is 25.3. The number of benzene rings is 2. The number of hydrogen-bond donors (Lipinski definition) is 1. The van der Waals surface area contributed by atoms with Crippen molar-refractivity contribution in [1.82, 2.24) is 0 Å². The Hall–Kier alpha value is -2.00. The van der Waals surface area contributed by atoms with Crippen LogP contribution in [0.25, 0.3) is 0 Å². The summed E-state index contributed by atoms with van der Waals surface area (Å²) in [6.07, 6.45) is 3.60. The summed E-state index contributed by atoms with van der Waals surface area (Å²) in [7, 11) is 1.71. The van der Waals surface area contributed by atoms with Gasteiger partial charge in [-0.1, -0.05) is 31.2 Å². The summed E-state index contributed by atoms with van der Waals surface area (Å²) in [6.45, 7) is 3.07. The molecule has 0 aliphatic carbocycles. The van der Waals surface area contributed by atoms with Crippen LogP contribution in [-0.2, 0) is 11.2 Å². The molecule has 3 atom stereocenters. The maximum atomic E-state index is 6.24. The van der Waals surface area contributed by atoms with E-state index in [9.17, 15) is 0 Å². The van der Waals surface area contributed by atoms with Crippen LogP contribution >= 0.6 is 0 Å². The Morgan fingerprint density at radius 1 is 1.17 bits per heavy atom. The number of methoxy groups -OCH3 is 1. The average molecular weight is 323 g/mol. The van der Waals surface area contributed by atoms with E-state index in [1.54, 1.807) is 7.11 Å². The minimum absolute atomic E-state index is 0.202. The highest BCUT2D eigenvalue weighted by Gasteiger charge is 2.39. The highest BCUT2D eigenvalue weighted by Crippen LogP contribution is 2.49. The molecule has 2 heterocycles. The van der Waals surface area contributed by atoms with Gasteiger partial charge in [0.15, 0.2) is 0 Å². The summed E-state index contributed by atoms with van der Waals surface area (Å²) in [5, 5.41) is 3.78. The van der Waals surface area contributed by atoms with Gasteiger partial charge in [0.25, 0.3) is 0 Å². The van der Waals surface area contributed by atoms with Crippen molar-refractivity contribution in [3.63, 3.8) is 0 Å². The summed E-state index contributed by atoms with van der Waals surface area (Å²) >= 11 is 0. The standard InChI is InChI=1S/C21H25NO2/c1-3-14-6-11-19-18(13-14)21-17(5-4-12-24-21)20(22-19)15-7-9-16(23-2)10-8-15/h6-11,13,17,20-22H,3-5,12H2,1-2H3. The topological polar surface area (TPSA) is 30.5 Å². The number of ether oxygens (including phenoxy) is 2. The molecule has 0 amide bonds. The fourth-order valence-electron chi connectivity index (χ4n) is 4.08. The molecule has 0 saturated carbocycles. The van der Waals surface area contributed by atoms with Crippen LogP contribution in [0, 0.1) is 5.92 Å². The Morgan fingerprint density at radius 2 is 2.00 bits per heavy atom. The van der Waals surface area contributed by atoms with Gasteiger partial charge in [0.1, 0.15) is 5.75 Å². The predicted molar refractivity (Wildman–Crippen MR) is 96.6 cm³/mol. The summed E-state index contributed by atoms with van der Waals surface area (Å²) in [5.74, 6) is 1.38.